The van der Waals surface area contributed by atoms with Gasteiger partial charge in [-0.2, -0.15) is 0 Å². The average Bonchev–Trinajstić information content (AvgIpc) is 2.88. The van der Waals surface area contributed by atoms with E-state index >= 15 is 0 Å². The first-order valence-corrected chi connectivity index (χ1v) is 6.67. The van der Waals surface area contributed by atoms with Crippen molar-refractivity contribution in [2.24, 2.45) is 0 Å². The minimum absolute atomic E-state index is 0.622. The molecule has 0 amide bonds. The Labute approximate surface area is 117 Å². The van der Waals surface area contributed by atoms with E-state index in [1.165, 1.54) is 5.56 Å². The monoisotopic (exact) mass is 274 g/mol. The Hall–Kier alpha value is -1.35. The SMILES string of the molecule is Cc1cccc(C(O)c2ccc3c(c2)COC3)c1Cl. The molecule has 0 fully saturated rings. The molecule has 0 aliphatic carbocycles. The van der Waals surface area contributed by atoms with E-state index in [1.807, 2.05) is 43.3 Å². The van der Waals surface area contributed by atoms with Gasteiger partial charge >= 0.3 is 0 Å². The zero-order chi connectivity index (χ0) is 13.4. The molecular formula is C16H15ClO2. The van der Waals surface area contributed by atoms with Crippen molar-refractivity contribution in [2.75, 3.05) is 0 Å². The molecular weight excluding hydrogens is 260 g/mol. The van der Waals surface area contributed by atoms with Crippen molar-refractivity contribution < 1.29 is 9.84 Å². The summed E-state index contributed by atoms with van der Waals surface area (Å²) in [5, 5.41) is 11.1. The lowest BCUT2D eigenvalue weighted by Crippen LogP contribution is -2.02. The molecule has 0 spiro atoms. The lowest BCUT2D eigenvalue weighted by Gasteiger charge is -2.15. The minimum atomic E-state index is -0.696. The zero-order valence-corrected chi connectivity index (χ0v) is 11.4. The summed E-state index contributed by atoms with van der Waals surface area (Å²) in [7, 11) is 0. The lowest BCUT2D eigenvalue weighted by atomic mass is 9.97. The third kappa shape index (κ3) is 2.27. The molecule has 1 heterocycles. The highest BCUT2D eigenvalue weighted by atomic mass is 35.5. The normalized spacial score (nSPS) is 15.3. The Bertz CT molecular complexity index is 622. The summed E-state index contributed by atoms with van der Waals surface area (Å²) >= 11 is 6.27. The van der Waals surface area contributed by atoms with Crippen LogP contribution in [0.15, 0.2) is 36.4 Å². The molecule has 0 radical (unpaired) electrons. The minimum Gasteiger partial charge on any atom is -0.384 e. The third-order valence-corrected chi connectivity index (χ3v) is 4.09. The molecule has 1 aliphatic heterocycles. The number of aliphatic hydroxyl groups excluding tert-OH is 1. The van der Waals surface area contributed by atoms with Crippen molar-refractivity contribution in [3.8, 4) is 0 Å². The van der Waals surface area contributed by atoms with Crippen LogP contribution in [0, 0.1) is 6.92 Å². The van der Waals surface area contributed by atoms with E-state index < -0.39 is 6.10 Å². The van der Waals surface area contributed by atoms with Gasteiger partial charge in [-0.3, -0.25) is 0 Å². The van der Waals surface area contributed by atoms with E-state index in [-0.39, 0.29) is 0 Å². The zero-order valence-electron chi connectivity index (χ0n) is 10.7. The maximum absolute atomic E-state index is 10.5. The van der Waals surface area contributed by atoms with Crippen molar-refractivity contribution in [3.05, 3.63) is 69.2 Å². The van der Waals surface area contributed by atoms with Crippen LogP contribution in [-0.2, 0) is 18.0 Å². The van der Waals surface area contributed by atoms with E-state index in [2.05, 4.69) is 0 Å². The van der Waals surface area contributed by atoms with E-state index in [9.17, 15) is 5.11 Å². The number of aliphatic hydroxyl groups is 1. The number of benzene rings is 2. The van der Waals surface area contributed by atoms with Gasteiger partial charge in [0.15, 0.2) is 0 Å². The lowest BCUT2D eigenvalue weighted by molar-refractivity contribution is 0.134. The van der Waals surface area contributed by atoms with Crippen LogP contribution in [0.3, 0.4) is 0 Å². The molecule has 1 aliphatic rings. The standard InChI is InChI=1S/C16H15ClO2/c1-10-3-2-4-14(15(10)17)16(18)11-5-6-12-8-19-9-13(12)7-11/h2-7,16,18H,8-9H2,1H3. The van der Waals surface area contributed by atoms with Gasteiger partial charge in [-0.15, -0.1) is 0 Å². The molecule has 3 heteroatoms. The van der Waals surface area contributed by atoms with Crippen molar-refractivity contribution in [1.29, 1.82) is 0 Å². The van der Waals surface area contributed by atoms with Crippen LogP contribution in [0.4, 0.5) is 0 Å². The molecule has 1 atom stereocenters. The highest BCUT2D eigenvalue weighted by Gasteiger charge is 2.18. The van der Waals surface area contributed by atoms with Gasteiger partial charge in [0.1, 0.15) is 6.10 Å². The summed E-state index contributed by atoms with van der Waals surface area (Å²) in [6.45, 7) is 3.23. The maximum Gasteiger partial charge on any atom is 0.106 e. The van der Waals surface area contributed by atoms with Crippen molar-refractivity contribution in [1.82, 2.24) is 0 Å². The molecule has 3 rings (SSSR count). The Balaban J connectivity index is 2.00. The van der Waals surface area contributed by atoms with E-state index in [4.69, 9.17) is 16.3 Å². The first kappa shape index (κ1) is 12.7. The van der Waals surface area contributed by atoms with Crippen LogP contribution in [0.5, 0.6) is 0 Å². The first-order chi connectivity index (χ1) is 9.16. The molecule has 1 unspecified atom stereocenters. The van der Waals surface area contributed by atoms with Crippen LogP contribution < -0.4 is 0 Å². The van der Waals surface area contributed by atoms with Crippen molar-refractivity contribution in [2.45, 2.75) is 26.2 Å². The highest BCUT2D eigenvalue weighted by molar-refractivity contribution is 6.32. The second-order valence-corrected chi connectivity index (χ2v) is 5.28. The number of fused-ring (bicyclic) bond motifs is 1. The van der Waals surface area contributed by atoms with Gasteiger partial charge in [0.25, 0.3) is 0 Å². The summed E-state index contributed by atoms with van der Waals surface area (Å²) in [6, 6.07) is 11.7. The fourth-order valence-electron chi connectivity index (χ4n) is 2.42. The van der Waals surface area contributed by atoms with Crippen LogP contribution in [0.2, 0.25) is 5.02 Å². The first-order valence-electron chi connectivity index (χ1n) is 6.29. The topological polar surface area (TPSA) is 29.5 Å². The van der Waals surface area contributed by atoms with Gasteiger partial charge < -0.3 is 9.84 Å². The summed E-state index contributed by atoms with van der Waals surface area (Å²) < 4.78 is 5.39. The molecule has 2 aromatic carbocycles. The van der Waals surface area contributed by atoms with Crippen LogP contribution in [0.1, 0.15) is 33.9 Å². The second kappa shape index (κ2) is 4.97. The molecule has 0 saturated carbocycles. The summed E-state index contributed by atoms with van der Waals surface area (Å²) in [4.78, 5) is 0. The summed E-state index contributed by atoms with van der Waals surface area (Å²) in [5.74, 6) is 0. The number of aryl methyl sites for hydroxylation is 1. The maximum atomic E-state index is 10.5. The van der Waals surface area contributed by atoms with Gasteiger partial charge in [0.05, 0.1) is 13.2 Å². The smallest absolute Gasteiger partial charge is 0.106 e. The van der Waals surface area contributed by atoms with Gasteiger partial charge in [0.2, 0.25) is 0 Å². The Morgan fingerprint density at radius 3 is 2.79 bits per heavy atom. The molecule has 0 saturated heterocycles. The molecule has 0 aromatic heterocycles. The largest absolute Gasteiger partial charge is 0.384 e. The molecule has 1 N–H and O–H groups in total. The number of hydrogen-bond donors (Lipinski definition) is 1. The number of ether oxygens (including phenoxy) is 1. The Kier molecular flexibility index (Phi) is 3.31. The molecule has 98 valence electrons. The van der Waals surface area contributed by atoms with Crippen LogP contribution in [0.25, 0.3) is 0 Å². The number of halogens is 1. The van der Waals surface area contributed by atoms with Crippen LogP contribution >= 0.6 is 11.6 Å². The van der Waals surface area contributed by atoms with Gasteiger partial charge in [-0.1, -0.05) is 48.0 Å². The summed E-state index contributed by atoms with van der Waals surface area (Å²) in [6.07, 6.45) is -0.696. The van der Waals surface area contributed by atoms with Gasteiger partial charge in [-0.05, 0) is 29.2 Å². The van der Waals surface area contributed by atoms with Gasteiger partial charge in [0, 0.05) is 10.6 Å². The highest BCUT2D eigenvalue weighted by Crippen LogP contribution is 2.32. The van der Waals surface area contributed by atoms with E-state index in [0.717, 1.165) is 22.3 Å². The van der Waals surface area contributed by atoms with Crippen molar-refractivity contribution >= 4 is 11.6 Å². The predicted molar refractivity (Wildman–Crippen MR) is 75.2 cm³/mol. The molecule has 19 heavy (non-hydrogen) atoms. The molecule has 2 nitrogen and oxygen atoms in total. The summed E-state index contributed by atoms with van der Waals surface area (Å²) in [5.41, 5.74) is 4.94. The van der Waals surface area contributed by atoms with Crippen LogP contribution in [-0.4, -0.2) is 5.11 Å². The van der Waals surface area contributed by atoms with Gasteiger partial charge in [-0.25, -0.2) is 0 Å². The third-order valence-electron chi connectivity index (χ3n) is 3.58. The predicted octanol–water partition coefficient (Wildman–Crippen LogP) is 3.76. The average molecular weight is 275 g/mol. The second-order valence-electron chi connectivity index (χ2n) is 4.90. The van der Waals surface area contributed by atoms with E-state index in [0.29, 0.717) is 18.2 Å². The molecule has 2 aromatic rings. The number of rotatable bonds is 2. The van der Waals surface area contributed by atoms with Crippen molar-refractivity contribution in [3.63, 3.8) is 0 Å². The van der Waals surface area contributed by atoms with E-state index in [1.54, 1.807) is 0 Å². The fraction of sp³-hybridized carbons (Fsp3) is 0.250. The Morgan fingerprint density at radius 2 is 1.95 bits per heavy atom. The Morgan fingerprint density at radius 1 is 1.16 bits per heavy atom. The number of hydrogen-bond acceptors (Lipinski definition) is 2. The molecule has 0 bridgehead atoms. The quantitative estimate of drug-likeness (QED) is 0.903. The fourth-order valence-corrected chi connectivity index (χ4v) is 2.65.